The van der Waals surface area contributed by atoms with Crippen LogP contribution in [0.4, 0.5) is 0 Å². The van der Waals surface area contributed by atoms with Crippen molar-refractivity contribution in [3.63, 3.8) is 0 Å². The molecule has 0 fully saturated rings. The Morgan fingerprint density at radius 2 is 2.00 bits per heavy atom. The average molecular weight is 200 g/mol. The smallest absolute Gasteiger partial charge is 0.306 e. The van der Waals surface area contributed by atoms with Gasteiger partial charge >= 0.3 is 5.97 Å². The first-order valence-electron chi connectivity index (χ1n) is 5.19. The average Bonchev–Trinajstić information content (AvgIpc) is 2.02. The van der Waals surface area contributed by atoms with E-state index < -0.39 is 0 Å². The highest BCUT2D eigenvalue weighted by molar-refractivity contribution is 5.69. The van der Waals surface area contributed by atoms with Gasteiger partial charge in [-0.25, -0.2) is 0 Å². The minimum atomic E-state index is -0.140. The van der Waals surface area contributed by atoms with Gasteiger partial charge in [-0.15, -0.1) is 0 Å². The van der Waals surface area contributed by atoms with E-state index in [0.29, 0.717) is 18.8 Å². The summed E-state index contributed by atoms with van der Waals surface area (Å²) in [5, 5.41) is 0. The molecule has 0 aliphatic carbocycles. The van der Waals surface area contributed by atoms with Crippen molar-refractivity contribution >= 4 is 12.3 Å². The third-order valence-electron chi connectivity index (χ3n) is 1.94. The van der Waals surface area contributed by atoms with E-state index in [4.69, 9.17) is 4.74 Å². The van der Waals surface area contributed by atoms with Crippen LogP contribution in [-0.4, -0.2) is 18.4 Å². The number of rotatable bonds is 7. The van der Waals surface area contributed by atoms with Crippen LogP contribution in [0, 0.1) is 5.92 Å². The third kappa shape index (κ3) is 7.77. The van der Waals surface area contributed by atoms with Crippen molar-refractivity contribution in [2.24, 2.45) is 5.92 Å². The highest BCUT2D eigenvalue weighted by Crippen LogP contribution is 2.11. The Balaban J connectivity index is 3.43. The fourth-order valence-corrected chi connectivity index (χ4v) is 1.20. The molecule has 0 N–H and O–H groups in total. The molecule has 0 saturated heterocycles. The lowest BCUT2D eigenvalue weighted by molar-refractivity contribution is -0.147. The number of ether oxygens (including phenoxy) is 1. The van der Waals surface area contributed by atoms with Crippen LogP contribution in [0.25, 0.3) is 0 Å². The quantitative estimate of drug-likeness (QED) is 0.468. The van der Waals surface area contributed by atoms with E-state index in [0.717, 1.165) is 19.1 Å². The van der Waals surface area contributed by atoms with Crippen LogP contribution in [0.1, 0.15) is 46.5 Å². The zero-order valence-corrected chi connectivity index (χ0v) is 9.29. The van der Waals surface area contributed by atoms with Gasteiger partial charge in [-0.2, -0.15) is 0 Å². The monoisotopic (exact) mass is 200 g/mol. The molecule has 0 aliphatic heterocycles. The summed E-state index contributed by atoms with van der Waals surface area (Å²) >= 11 is 0. The molecule has 0 heterocycles. The summed E-state index contributed by atoms with van der Waals surface area (Å²) in [5.41, 5.74) is 0. The first-order chi connectivity index (χ1) is 6.56. The molecule has 0 aromatic heterocycles. The van der Waals surface area contributed by atoms with Gasteiger partial charge in [0.15, 0.2) is 0 Å². The highest BCUT2D eigenvalue weighted by Gasteiger charge is 2.07. The van der Waals surface area contributed by atoms with E-state index in [2.05, 4.69) is 0 Å². The third-order valence-corrected chi connectivity index (χ3v) is 1.94. The summed E-state index contributed by atoms with van der Waals surface area (Å²) in [6.07, 6.45) is 3.65. The Hall–Kier alpha value is -0.860. The molecule has 0 aliphatic rings. The van der Waals surface area contributed by atoms with Gasteiger partial charge in [0.2, 0.25) is 0 Å². The van der Waals surface area contributed by atoms with Crippen molar-refractivity contribution in [1.82, 2.24) is 0 Å². The van der Waals surface area contributed by atoms with Crippen molar-refractivity contribution in [2.75, 3.05) is 0 Å². The van der Waals surface area contributed by atoms with Crippen LogP contribution in [0.2, 0.25) is 0 Å². The molecule has 14 heavy (non-hydrogen) atoms. The SMILES string of the molecule is CC(CC=O)CCCC(=O)OC(C)C. The van der Waals surface area contributed by atoms with E-state index in [9.17, 15) is 9.59 Å². The van der Waals surface area contributed by atoms with E-state index >= 15 is 0 Å². The molecule has 0 bridgehead atoms. The second-order valence-corrected chi connectivity index (χ2v) is 3.94. The molecule has 0 amide bonds. The summed E-state index contributed by atoms with van der Waals surface area (Å²) < 4.78 is 4.98. The molecule has 1 unspecified atom stereocenters. The Bertz CT molecular complexity index is 175. The van der Waals surface area contributed by atoms with E-state index in [-0.39, 0.29) is 12.1 Å². The molecular weight excluding hydrogens is 180 g/mol. The Morgan fingerprint density at radius 1 is 1.36 bits per heavy atom. The van der Waals surface area contributed by atoms with Gasteiger partial charge in [0.05, 0.1) is 6.10 Å². The number of carbonyl (C=O) groups is 2. The van der Waals surface area contributed by atoms with Crippen LogP contribution in [0.3, 0.4) is 0 Å². The maximum Gasteiger partial charge on any atom is 0.306 e. The zero-order valence-electron chi connectivity index (χ0n) is 9.29. The minimum absolute atomic E-state index is 0.0325. The summed E-state index contributed by atoms with van der Waals surface area (Å²) in [6, 6.07) is 0. The molecule has 0 spiro atoms. The molecule has 0 aromatic carbocycles. The minimum Gasteiger partial charge on any atom is -0.463 e. The number of aldehydes is 1. The predicted molar refractivity (Wildman–Crippen MR) is 54.9 cm³/mol. The first-order valence-corrected chi connectivity index (χ1v) is 5.19. The largest absolute Gasteiger partial charge is 0.463 e. The lowest BCUT2D eigenvalue weighted by Crippen LogP contribution is -2.11. The van der Waals surface area contributed by atoms with Gasteiger partial charge in [-0.3, -0.25) is 4.79 Å². The topological polar surface area (TPSA) is 43.4 Å². The van der Waals surface area contributed by atoms with Gasteiger partial charge in [0, 0.05) is 12.8 Å². The lowest BCUT2D eigenvalue weighted by Gasteiger charge is -2.09. The lowest BCUT2D eigenvalue weighted by atomic mass is 10.0. The molecule has 1 atom stereocenters. The fraction of sp³-hybridized carbons (Fsp3) is 0.818. The second kappa shape index (κ2) is 7.54. The van der Waals surface area contributed by atoms with Gasteiger partial charge in [0.25, 0.3) is 0 Å². The van der Waals surface area contributed by atoms with Crippen molar-refractivity contribution < 1.29 is 14.3 Å². The summed E-state index contributed by atoms with van der Waals surface area (Å²) in [4.78, 5) is 21.3. The zero-order chi connectivity index (χ0) is 11.0. The Kier molecular flexibility index (Phi) is 7.07. The molecule has 0 aromatic rings. The van der Waals surface area contributed by atoms with Gasteiger partial charge in [0.1, 0.15) is 6.29 Å². The van der Waals surface area contributed by atoms with Crippen LogP contribution in [0.15, 0.2) is 0 Å². The standard InChI is InChI=1S/C11H20O3/c1-9(2)14-11(13)6-4-5-10(3)7-8-12/h8-10H,4-7H2,1-3H3. The van der Waals surface area contributed by atoms with Crippen molar-refractivity contribution in [1.29, 1.82) is 0 Å². The molecular formula is C11H20O3. The molecule has 82 valence electrons. The van der Waals surface area contributed by atoms with E-state index in [1.165, 1.54) is 0 Å². The van der Waals surface area contributed by atoms with E-state index in [1.54, 1.807) is 0 Å². The first kappa shape index (κ1) is 13.1. The van der Waals surface area contributed by atoms with Crippen molar-refractivity contribution in [2.45, 2.75) is 52.6 Å². The fourth-order valence-electron chi connectivity index (χ4n) is 1.20. The molecule has 3 heteroatoms. The summed E-state index contributed by atoms with van der Waals surface area (Å²) in [5.74, 6) is 0.234. The Labute approximate surface area is 85.8 Å². The number of hydrogen-bond acceptors (Lipinski definition) is 3. The van der Waals surface area contributed by atoms with Crippen molar-refractivity contribution in [3.05, 3.63) is 0 Å². The van der Waals surface area contributed by atoms with Gasteiger partial charge in [-0.05, 0) is 32.6 Å². The number of carbonyl (C=O) groups excluding carboxylic acids is 2. The van der Waals surface area contributed by atoms with Crippen LogP contribution >= 0.6 is 0 Å². The summed E-state index contributed by atoms with van der Waals surface area (Å²) in [7, 11) is 0. The van der Waals surface area contributed by atoms with Crippen LogP contribution < -0.4 is 0 Å². The highest BCUT2D eigenvalue weighted by atomic mass is 16.5. The second-order valence-electron chi connectivity index (χ2n) is 3.94. The number of esters is 1. The van der Waals surface area contributed by atoms with Crippen LogP contribution in [0.5, 0.6) is 0 Å². The Morgan fingerprint density at radius 3 is 2.50 bits per heavy atom. The van der Waals surface area contributed by atoms with E-state index in [1.807, 2.05) is 20.8 Å². The maximum absolute atomic E-state index is 11.1. The number of hydrogen-bond donors (Lipinski definition) is 0. The van der Waals surface area contributed by atoms with Gasteiger partial charge in [-0.1, -0.05) is 6.92 Å². The predicted octanol–water partition coefficient (Wildman–Crippen LogP) is 2.33. The maximum atomic E-state index is 11.1. The molecule has 0 radical (unpaired) electrons. The van der Waals surface area contributed by atoms with Crippen LogP contribution in [-0.2, 0) is 14.3 Å². The molecule has 3 nitrogen and oxygen atoms in total. The summed E-state index contributed by atoms with van der Waals surface area (Å²) in [6.45, 7) is 5.70. The molecule has 0 saturated carbocycles. The van der Waals surface area contributed by atoms with Gasteiger partial charge < -0.3 is 9.53 Å². The normalized spacial score (nSPS) is 12.6. The molecule has 0 rings (SSSR count). The van der Waals surface area contributed by atoms with Crippen molar-refractivity contribution in [3.8, 4) is 0 Å².